The molecule has 1 heterocycles. The van der Waals surface area contributed by atoms with Crippen molar-refractivity contribution in [3.8, 4) is 11.4 Å². The summed E-state index contributed by atoms with van der Waals surface area (Å²) in [6.07, 6.45) is 0.281. The van der Waals surface area contributed by atoms with Crippen LogP contribution in [-0.2, 0) is 11.3 Å². The van der Waals surface area contributed by atoms with Crippen molar-refractivity contribution >= 4 is 47.2 Å². The van der Waals surface area contributed by atoms with Gasteiger partial charge in [-0.05, 0) is 55.5 Å². The second-order valence-corrected chi connectivity index (χ2v) is 9.13. The van der Waals surface area contributed by atoms with E-state index in [1.807, 2.05) is 84.3 Å². The standard InChI is InChI=1S/C24H21ClN4OS2/c1-16-6-8-17(9-7-16)23-27-28-24(31)29(23)15-14-22(30)26-18-10-12-19(13-11-18)32-21-5-3-2-4-20(21)25/h2-13H,14-15H2,1H3,(H,26,30)(H,28,31). The molecule has 4 rings (SSSR count). The van der Waals surface area contributed by atoms with Crippen LogP contribution in [0.2, 0.25) is 5.02 Å². The molecule has 0 saturated heterocycles. The van der Waals surface area contributed by atoms with Gasteiger partial charge in [-0.15, -0.1) is 0 Å². The van der Waals surface area contributed by atoms with Crippen LogP contribution >= 0.6 is 35.6 Å². The van der Waals surface area contributed by atoms with Crippen LogP contribution in [0.25, 0.3) is 11.4 Å². The van der Waals surface area contributed by atoms with Gasteiger partial charge in [0.2, 0.25) is 5.91 Å². The van der Waals surface area contributed by atoms with Gasteiger partial charge in [0.25, 0.3) is 0 Å². The molecule has 0 fully saturated rings. The van der Waals surface area contributed by atoms with Crippen LogP contribution in [0, 0.1) is 11.7 Å². The first-order chi connectivity index (χ1) is 15.5. The second kappa shape index (κ2) is 10.2. The van der Waals surface area contributed by atoms with Crippen LogP contribution in [0.4, 0.5) is 5.69 Å². The molecule has 4 aromatic rings. The number of aromatic nitrogens is 3. The maximum absolute atomic E-state index is 12.5. The summed E-state index contributed by atoms with van der Waals surface area (Å²) >= 11 is 13.2. The SMILES string of the molecule is Cc1ccc(-c2n[nH]c(=S)n2CCC(=O)Nc2ccc(Sc3ccccc3Cl)cc2)cc1. The summed E-state index contributed by atoms with van der Waals surface area (Å²) in [5, 5.41) is 10.8. The maximum Gasteiger partial charge on any atom is 0.226 e. The van der Waals surface area contributed by atoms with Crippen molar-refractivity contribution in [3.05, 3.63) is 88.2 Å². The minimum Gasteiger partial charge on any atom is -0.326 e. The quantitative estimate of drug-likeness (QED) is 0.287. The molecule has 3 aromatic carbocycles. The Labute approximate surface area is 200 Å². The van der Waals surface area contributed by atoms with E-state index >= 15 is 0 Å². The molecule has 5 nitrogen and oxygen atoms in total. The summed E-state index contributed by atoms with van der Waals surface area (Å²) in [5.74, 6) is 0.637. The second-order valence-electron chi connectivity index (χ2n) is 7.23. The molecule has 2 N–H and O–H groups in total. The zero-order valence-electron chi connectivity index (χ0n) is 17.3. The van der Waals surface area contributed by atoms with Crippen molar-refractivity contribution < 1.29 is 4.79 Å². The topological polar surface area (TPSA) is 62.7 Å². The van der Waals surface area contributed by atoms with Gasteiger partial charge in [-0.25, -0.2) is 0 Å². The Bertz CT molecular complexity index is 1280. The number of benzene rings is 3. The van der Waals surface area contributed by atoms with E-state index in [0.29, 0.717) is 11.3 Å². The van der Waals surface area contributed by atoms with E-state index in [2.05, 4.69) is 15.5 Å². The Morgan fingerprint density at radius 2 is 1.81 bits per heavy atom. The molecule has 0 atom stereocenters. The Balaban J connectivity index is 1.37. The lowest BCUT2D eigenvalue weighted by molar-refractivity contribution is -0.116. The Morgan fingerprint density at radius 3 is 2.53 bits per heavy atom. The minimum absolute atomic E-state index is 0.0885. The van der Waals surface area contributed by atoms with Crippen molar-refractivity contribution in [1.29, 1.82) is 0 Å². The van der Waals surface area contributed by atoms with E-state index in [1.165, 1.54) is 5.56 Å². The van der Waals surface area contributed by atoms with Gasteiger partial charge < -0.3 is 5.32 Å². The molecule has 0 aliphatic carbocycles. The third-order valence-corrected chi connectivity index (χ3v) is 6.67. The summed E-state index contributed by atoms with van der Waals surface area (Å²) in [7, 11) is 0. The third-order valence-electron chi connectivity index (χ3n) is 4.83. The Hall–Kier alpha value is -2.87. The number of aromatic amines is 1. The number of rotatable bonds is 7. The van der Waals surface area contributed by atoms with Gasteiger partial charge in [-0.3, -0.25) is 14.5 Å². The van der Waals surface area contributed by atoms with Crippen LogP contribution < -0.4 is 5.32 Å². The molecule has 0 aliphatic rings. The molecular weight excluding hydrogens is 460 g/mol. The summed E-state index contributed by atoms with van der Waals surface area (Å²) in [5.41, 5.74) is 2.87. The molecule has 0 bridgehead atoms. The van der Waals surface area contributed by atoms with E-state index in [9.17, 15) is 4.79 Å². The number of amides is 1. The average Bonchev–Trinajstić information content (AvgIpc) is 3.16. The highest BCUT2D eigenvalue weighted by Gasteiger charge is 2.11. The zero-order chi connectivity index (χ0) is 22.5. The smallest absolute Gasteiger partial charge is 0.226 e. The van der Waals surface area contributed by atoms with Crippen molar-refractivity contribution in [2.45, 2.75) is 29.7 Å². The minimum atomic E-state index is -0.0885. The summed E-state index contributed by atoms with van der Waals surface area (Å²) in [6.45, 7) is 2.47. The highest BCUT2D eigenvalue weighted by atomic mass is 35.5. The molecule has 1 amide bonds. The largest absolute Gasteiger partial charge is 0.326 e. The third kappa shape index (κ3) is 5.48. The number of halogens is 1. The number of anilines is 1. The fourth-order valence-electron chi connectivity index (χ4n) is 3.15. The van der Waals surface area contributed by atoms with Crippen LogP contribution in [0.15, 0.2) is 82.6 Å². The lowest BCUT2D eigenvalue weighted by Crippen LogP contribution is -2.15. The first kappa shape index (κ1) is 22.3. The van der Waals surface area contributed by atoms with Crippen LogP contribution in [-0.4, -0.2) is 20.7 Å². The first-order valence-corrected chi connectivity index (χ1v) is 11.6. The predicted molar refractivity (Wildman–Crippen MR) is 133 cm³/mol. The summed E-state index contributed by atoms with van der Waals surface area (Å²) in [4.78, 5) is 14.6. The molecule has 0 spiro atoms. The number of H-pyrrole nitrogens is 1. The average molecular weight is 481 g/mol. The lowest BCUT2D eigenvalue weighted by Gasteiger charge is -2.09. The van der Waals surface area contributed by atoms with Gasteiger partial charge in [-0.2, -0.15) is 5.10 Å². The highest BCUT2D eigenvalue weighted by Crippen LogP contribution is 2.33. The van der Waals surface area contributed by atoms with Gasteiger partial charge in [0, 0.05) is 34.0 Å². The van der Waals surface area contributed by atoms with E-state index < -0.39 is 0 Å². The molecule has 162 valence electrons. The summed E-state index contributed by atoms with van der Waals surface area (Å²) < 4.78 is 2.34. The first-order valence-electron chi connectivity index (χ1n) is 10.0. The number of hydrogen-bond acceptors (Lipinski definition) is 4. The van der Waals surface area contributed by atoms with Gasteiger partial charge in [0.05, 0.1) is 5.02 Å². The zero-order valence-corrected chi connectivity index (χ0v) is 19.7. The van der Waals surface area contributed by atoms with Gasteiger partial charge in [0.1, 0.15) is 0 Å². The molecule has 0 radical (unpaired) electrons. The lowest BCUT2D eigenvalue weighted by atomic mass is 10.1. The molecule has 1 aromatic heterocycles. The number of hydrogen-bond donors (Lipinski definition) is 2. The van der Waals surface area contributed by atoms with Gasteiger partial charge in [0.15, 0.2) is 10.6 Å². The Morgan fingerprint density at radius 1 is 1.09 bits per heavy atom. The molecule has 0 aliphatic heterocycles. The van der Waals surface area contributed by atoms with Crippen LogP contribution in [0.3, 0.4) is 0 Å². The van der Waals surface area contributed by atoms with Crippen LogP contribution in [0.5, 0.6) is 0 Å². The fraction of sp³-hybridized carbons (Fsp3) is 0.125. The Kier molecular flexibility index (Phi) is 7.09. The summed E-state index contributed by atoms with van der Waals surface area (Å²) in [6, 6.07) is 23.5. The van der Waals surface area contributed by atoms with Gasteiger partial charge in [-0.1, -0.05) is 65.3 Å². The normalized spacial score (nSPS) is 10.8. The van der Waals surface area contributed by atoms with Crippen molar-refractivity contribution in [1.82, 2.24) is 14.8 Å². The van der Waals surface area contributed by atoms with E-state index in [-0.39, 0.29) is 12.3 Å². The van der Waals surface area contributed by atoms with E-state index in [1.54, 1.807) is 11.8 Å². The maximum atomic E-state index is 12.5. The van der Waals surface area contributed by atoms with E-state index in [0.717, 1.165) is 31.9 Å². The van der Waals surface area contributed by atoms with Gasteiger partial charge >= 0.3 is 0 Å². The van der Waals surface area contributed by atoms with Crippen molar-refractivity contribution in [2.75, 3.05) is 5.32 Å². The fourth-order valence-corrected chi connectivity index (χ4v) is 4.46. The monoisotopic (exact) mass is 480 g/mol. The number of nitrogens with one attached hydrogen (secondary N) is 2. The van der Waals surface area contributed by atoms with Crippen molar-refractivity contribution in [3.63, 3.8) is 0 Å². The highest BCUT2D eigenvalue weighted by molar-refractivity contribution is 7.99. The van der Waals surface area contributed by atoms with E-state index in [4.69, 9.17) is 23.8 Å². The molecule has 0 unspecified atom stereocenters. The predicted octanol–water partition coefficient (Wildman–Crippen LogP) is 6.75. The van der Waals surface area contributed by atoms with Crippen molar-refractivity contribution in [2.24, 2.45) is 0 Å². The van der Waals surface area contributed by atoms with Crippen LogP contribution in [0.1, 0.15) is 12.0 Å². The number of aryl methyl sites for hydroxylation is 1. The molecule has 0 saturated carbocycles. The number of carbonyl (C=O) groups is 1. The number of nitrogens with zero attached hydrogens (tertiary/aromatic N) is 2. The molecular formula is C24H21ClN4OS2. The number of carbonyl (C=O) groups excluding carboxylic acids is 1. The molecule has 32 heavy (non-hydrogen) atoms. The molecule has 8 heteroatoms.